The average Bonchev–Trinajstić information content (AvgIpc) is 3.05. The van der Waals surface area contributed by atoms with Gasteiger partial charge in [0.25, 0.3) is 0 Å². The molecule has 6 nitrogen and oxygen atoms in total. The maximum atomic E-state index is 13.3. The molecule has 1 heterocycles. The molecule has 2 aromatic carbocycles. The van der Waals surface area contributed by atoms with Crippen molar-refractivity contribution >= 4 is 5.97 Å². The van der Waals surface area contributed by atoms with Gasteiger partial charge in [-0.15, -0.1) is 10.2 Å². The van der Waals surface area contributed by atoms with E-state index >= 15 is 0 Å². The third-order valence-corrected chi connectivity index (χ3v) is 3.27. The van der Waals surface area contributed by atoms with Crippen molar-refractivity contribution in [2.75, 3.05) is 7.11 Å². The lowest BCUT2D eigenvalue weighted by Crippen LogP contribution is -2.11. The van der Waals surface area contributed by atoms with Crippen LogP contribution in [0.1, 0.15) is 15.9 Å². The summed E-state index contributed by atoms with van der Waals surface area (Å²) >= 11 is 0. The third kappa shape index (κ3) is 3.23. The topological polar surface area (TPSA) is 69.9 Å². The number of rotatable bonds is 4. The van der Waals surface area contributed by atoms with Crippen molar-refractivity contribution < 1.29 is 13.9 Å². The Labute approximate surface area is 131 Å². The number of carbonyl (C=O) groups excluding carboxylic acids is 1. The van der Waals surface area contributed by atoms with Crippen molar-refractivity contribution in [3.8, 4) is 11.4 Å². The van der Waals surface area contributed by atoms with Crippen molar-refractivity contribution in [1.82, 2.24) is 20.2 Å². The standard InChI is InChI=1S/C16H13FN4O2/c1-23-16(22)14-9-13(17)8-7-12(14)10-21-19-15(18-20-21)11-5-3-2-4-6-11/h2-9H,10H2,1H3. The van der Waals surface area contributed by atoms with Gasteiger partial charge in [0, 0.05) is 5.56 Å². The average molecular weight is 312 g/mol. The number of aromatic nitrogens is 4. The summed E-state index contributed by atoms with van der Waals surface area (Å²) < 4.78 is 18.0. The summed E-state index contributed by atoms with van der Waals surface area (Å²) in [5, 5.41) is 12.2. The number of hydrogen-bond donors (Lipinski definition) is 0. The van der Waals surface area contributed by atoms with Gasteiger partial charge in [0.2, 0.25) is 5.82 Å². The van der Waals surface area contributed by atoms with Gasteiger partial charge in [0.15, 0.2) is 0 Å². The van der Waals surface area contributed by atoms with E-state index in [1.54, 1.807) is 0 Å². The molecule has 23 heavy (non-hydrogen) atoms. The highest BCUT2D eigenvalue weighted by Gasteiger charge is 2.15. The minimum absolute atomic E-state index is 0.145. The van der Waals surface area contributed by atoms with Crippen LogP contribution in [0.4, 0.5) is 4.39 Å². The van der Waals surface area contributed by atoms with Crippen molar-refractivity contribution in [3.05, 3.63) is 65.5 Å². The monoisotopic (exact) mass is 312 g/mol. The molecule has 0 unspecified atom stereocenters. The summed E-state index contributed by atoms with van der Waals surface area (Å²) in [6.07, 6.45) is 0. The highest BCUT2D eigenvalue weighted by Crippen LogP contribution is 2.15. The maximum absolute atomic E-state index is 13.3. The molecule has 0 saturated heterocycles. The molecule has 0 aliphatic heterocycles. The van der Waals surface area contributed by atoms with Gasteiger partial charge in [-0.05, 0) is 22.9 Å². The van der Waals surface area contributed by atoms with Gasteiger partial charge >= 0.3 is 5.97 Å². The summed E-state index contributed by atoms with van der Waals surface area (Å²) in [6.45, 7) is 0.185. The Morgan fingerprint density at radius 3 is 2.74 bits per heavy atom. The second-order valence-electron chi connectivity index (χ2n) is 4.80. The van der Waals surface area contributed by atoms with E-state index in [0.29, 0.717) is 11.4 Å². The minimum Gasteiger partial charge on any atom is -0.465 e. The molecule has 0 N–H and O–H groups in total. The highest BCUT2D eigenvalue weighted by atomic mass is 19.1. The maximum Gasteiger partial charge on any atom is 0.338 e. The minimum atomic E-state index is -0.608. The number of carbonyl (C=O) groups is 1. The fraction of sp³-hybridized carbons (Fsp3) is 0.125. The zero-order valence-electron chi connectivity index (χ0n) is 12.3. The summed E-state index contributed by atoms with van der Waals surface area (Å²) in [5.41, 5.74) is 1.53. The second-order valence-corrected chi connectivity index (χ2v) is 4.80. The Morgan fingerprint density at radius 2 is 2.00 bits per heavy atom. The summed E-state index contributed by atoms with van der Waals surface area (Å²) in [4.78, 5) is 13.1. The van der Waals surface area contributed by atoms with Gasteiger partial charge in [-0.25, -0.2) is 9.18 Å². The molecule has 0 fully saturated rings. The fourth-order valence-corrected chi connectivity index (χ4v) is 2.15. The van der Waals surface area contributed by atoms with Crippen molar-refractivity contribution in [3.63, 3.8) is 0 Å². The predicted molar refractivity (Wildman–Crippen MR) is 80.1 cm³/mol. The molecule has 0 bridgehead atoms. The van der Waals surface area contributed by atoms with Gasteiger partial charge in [0.05, 0.1) is 19.2 Å². The largest absolute Gasteiger partial charge is 0.465 e. The predicted octanol–water partition coefficient (Wildman–Crippen LogP) is 2.31. The third-order valence-electron chi connectivity index (χ3n) is 3.27. The first-order valence-electron chi connectivity index (χ1n) is 6.87. The first-order chi connectivity index (χ1) is 11.2. The van der Waals surface area contributed by atoms with Gasteiger partial charge in [-0.1, -0.05) is 36.4 Å². The molecule has 0 atom stereocenters. The Balaban J connectivity index is 1.89. The number of hydrogen-bond acceptors (Lipinski definition) is 5. The number of tetrazole rings is 1. The quantitative estimate of drug-likeness (QED) is 0.691. The summed E-state index contributed by atoms with van der Waals surface area (Å²) in [6, 6.07) is 13.3. The van der Waals surface area contributed by atoms with Gasteiger partial charge in [-0.2, -0.15) is 4.80 Å². The lowest BCUT2D eigenvalue weighted by molar-refractivity contribution is 0.0598. The van der Waals surface area contributed by atoms with Crippen LogP contribution in [-0.4, -0.2) is 33.3 Å². The number of methoxy groups -OCH3 is 1. The molecule has 7 heteroatoms. The molecule has 0 aliphatic carbocycles. The van der Waals surface area contributed by atoms with E-state index in [0.717, 1.165) is 11.6 Å². The number of esters is 1. The fourth-order valence-electron chi connectivity index (χ4n) is 2.15. The van der Waals surface area contributed by atoms with Crippen LogP contribution in [0.2, 0.25) is 0 Å². The number of benzene rings is 2. The van der Waals surface area contributed by atoms with Crippen LogP contribution in [0.5, 0.6) is 0 Å². The van der Waals surface area contributed by atoms with Crippen LogP contribution in [0.25, 0.3) is 11.4 Å². The van der Waals surface area contributed by atoms with Crippen LogP contribution in [0.3, 0.4) is 0 Å². The number of nitrogens with zero attached hydrogens (tertiary/aromatic N) is 4. The van der Waals surface area contributed by atoms with Crippen LogP contribution in [0, 0.1) is 5.82 Å². The summed E-state index contributed by atoms with van der Waals surface area (Å²) in [7, 11) is 1.25. The Hall–Kier alpha value is -3.09. The van der Waals surface area contributed by atoms with E-state index in [-0.39, 0.29) is 12.1 Å². The Morgan fingerprint density at radius 1 is 1.22 bits per heavy atom. The first-order valence-corrected chi connectivity index (χ1v) is 6.87. The Bertz CT molecular complexity index is 833. The molecular formula is C16H13FN4O2. The van der Waals surface area contributed by atoms with Gasteiger partial charge in [0.1, 0.15) is 5.82 Å². The van der Waals surface area contributed by atoms with E-state index < -0.39 is 11.8 Å². The van der Waals surface area contributed by atoms with E-state index in [4.69, 9.17) is 0 Å². The normalized spacial score (nSPS) is 10.5. The zero-order valence-corrected chi connectivity index (χ0v) is 12.3. The molecular weight excluding hydrogens is 299 g/mol. The number of ether oxygens (including phenoxy) is 1. The van der Waals surface area contributed by atoms with E-state index in [1.165, 1.54) is 24.0 Å². The van der Waals surface area contributed by atoms with Crippen molar-refractivity contribution in [1.29, 1.82) is 0 Å². The van der Waals surface area contributed by atoms with E-state index in [9.17, 15) is 9.18 Å². The van der Waals surface area contributed by atoms with Crippen LogP contribution < -0.4 is 0 Å². The summed E-state index contributed by atoms with van der Waals surface area (Å²) in [5.74, 6) is -0.638. The molecule has 3 aromatic rings. The zero-order chi connectivity index (χ0) is 16.2. The van der Waals surface area contributed by atoms with Crippen molar-refractivity contribution in [2.45, 2.75) is 6.54 Å². The Kier molecular flexibility index (Phi) is 4.09. The molecule has 0 spiro atoms. The molecule has 116 valence electrons. The van der Waals surface area contributed by atoms with Crippen LogP contribution in [0.15, 0.2) is 48.5 Å². The van der Waals surface area contributed by atoms with Crippen LogP contribution >= 0.6 is 0 Å². The molecule has 0 aliphatic rings. The SMILES string of the molecule is COC(=O)c1cc(F)ccc1Cn1nnc(-c2ccccc2)n1. The highest BCUT2D eigenvalue weighted by molar-refractivity contribution is 5.91. The second kappa shape index (κ2) is 6.35. The van der Waals surface area contributed by atoms with Gasteiger partial charge in [-0.3, -0.25) is 0 Å². The molecule has 0 saturated carbocycles. The molecule has 0 radical (unpaired) electrons. The first kappa shape index (κ1) is 14.8. The number of halogens is 1. The van der Waals surface area contributed by atoms with E-state index in [1.807, 2.05) is 30.3 Å². The van der Waals surface area contributed by atoms with Crippen molar-refractivity contribution in [2.24, 2.45) is 0 Å². The van der Waals surface area contributed by atoms with Crippen LogP contribution in [-0.2, 0) is 11.3 Å². The smallest absolute Gasteiger partial charge is 0.338 e. The lowest BCUT2D eigenvalue weighted by atomic mass is 10.1. The van der Waals surface area contributed by atoms with E-state index in [2.05, 4.69) is 20.1 Å². The van der Waals surface area contributed by atoms with Gasteiger partial charge < -0.3 is 4.74 Å². The lowest BCUT2D eigenvalue weighted by Gasteiger charge is -2.07. The molecule has 0 amide bonds. The molecule has 3 rings (SSSR count). The molecule has 1 aromatic heterocycles.